The van der Waals surface area contributed by atoms with Crippen molar-refractivity contribution in [2.75, 3.05) is 5.32 Å². The van der Waals surface area contributed by atoms with E-state index >= 15 is 0 Å². The van der Waals surface area contributed by atoms with Crippen LogP contribution in [0.4, 0.5) is 5.69 Å². The average molecular weight is 517 g/mol. The summed E-state index contributed by atoms with van der Waals surface area (Å²) in [4.78, 5) is 25.2. The van der Waals surface area contributed by atoms with Gasteiger partial charge in [0, 0.05) is 40.0 Å². The molecule has 0 unspecified atom stereocenters. The molecular formula is C31H28N6O2. The maximum absolute atomic E-state index is 12.7. The van der Waals surface area contributed by atoms with Crippen LogP contribution >= 0.6 is 0 Å². The van der Waals surface area contributed by atoms with E-state index in [-0.39, 0.29) is 5.91 Å². The minimum atomic E-state index is 0.0509. The maximum Gasteiger partial charge on any atom is 0.224 e. The molecule has 39 heavy (non-hydrogen) atoms. The summed E-state index contributed by atoms with van der Waals surface area (Å²) in [6.07, 6.45) is 15.3. The molecule has 6 aromatic rings. The molecule has 3 N–H and O–H groups in total. The van der Waals surface area contributed by atoms with E-state index in [0.717, 1.165) is 68.4 Å². The number of nitrogens with one attached hydrogen (secondary N) is 3. The van der Waals surface area contributed by atoms with Gasteiger partial charge in [-0.2, -0.15) is 5.10 Å². The Kier molecular flexibility index (Phi) is 5.92. The standard InChI is InChI=1S/C31H28N6O2/c38-30(11-19-5-2-1-3-6-19)34-22-12-21(15-32-16-22)27-14-25-29(17-33-27)36-37-31(25)28-13-24-23(20-9-10-39-18-20)7-4-8-26(24)35-28/h4,7-10,12-19,35H,1-3,5-6,11H2,(H,34,38)(H,36,37). The predicted octanol–water partition coefficient (Wildman–Crippen LogP) is 7.34. The summed E-state index contributed by atoms with van der Waals surface area (Å²) in [5, 5.41) is 12.8. The summed E-state index contributed by atoms with van der Waals surface area (Å²) in [6, 6.07) is 14.2. The molecule has 1 aliphatic rings. The molecule has 5 heterocycles. The van der Waals surface area contributed by atoms with Crippen LogP contribution in [-0.2, 0) is 4.79 Å². The first-order valence-electron chi connectivity index (χ1n) is 13.5. The van der Waals surface area contributed by atoms with E-state index in [2.05, 4.69) is 48.7 Å². The summed E-state index contributed by atoms with van der Waals surface area (Å²) in [5.41, 5.74) is 7.99. The molecule has 1 amide bonds. The van der Waals surface area contributed by atoms with Gasteiger partial charge in [-0.25, -0.2) is 0 Å². The quantitative estimate of drug-likeness (QED) is 0.214. The summed E-state index contributed by atoms with van der Waals surface area (Å²) in [7, 11) is 0. The third-order valence-electron chi connectivity index (χ3n) is 7.72. The van der Waals surface area contributed by atoms with Crippen molar-refractivity contribution in [1.29, 1.82) is 0 Å². The SMILES string of the molecule is O=C(CC1CCCCC1)Nc1cncc(-c2cc3c(-c4cc5c(-c6ccoc6)cccc5[nH]4)n[nH]c3cn2)c1. The van der Waals surface area contributed by atoms with E-state index in [4.69, 9.17) is 4.42 Å². The van der Waals surface area contributed by atoms with Gasteiger partial charge in [0.25, 0.3) is 0 Å². The van der Waals surface area contributed by atoms with Gasteiger partial charge in [0.15, 0.2) is 0 Å². The second-order valence-electron chi connectivity index (χ2n) is 10.4. The summed E-state index contributed by atoms with van der Waals surface area (Å²) < 4.78 is 5.31. The lowest BCUT2D eigenvalue weighted by Crippen LogP contribution is -2.18. The van der Waals surface area contributed by atoms with Crippen molar-refractivity contribution in [3.05, 3.63) is 73.6 Å². The molecule has 1 fully saturated rings. The third kappa shape index (κ3) is 4.58. The summed E-state index contributed by atoms with van der Waals surface area (Å²) in [6.45, 7) is 0. The van der Waals surface area contributed by atoms with Crippen LogP contribution in [0.2, 0.25) is 0 Å². The monoisotopic (exact) mass is 516 g/mol. The Hall–Kier alpha value is -4.72. The Balaban J connectivity index is 1.19. The lowest BCUT2D eigenvalue weighted by molar-refractivity contribution is -0.117. The van der Waals surface area contributed by atoms with Crippen molar-refractivity contribution < 1.29 is 9.21 Å². The van der Waals surface area contributed by atoms with Crippen LogP contribution < -0.4 is 5.32 Å². The van der Waals surface area contributed by atoms with Crippen molar-refractivity contribution in [3.8, 4) is 33.8 Å². The van der Waals surface area contributed by atoms with Gasteiger partial charge in [-0.1, -0.05) is 31.4 Å². The molecule has 0 atom stereocenters. The predicted molar refractivity (Wildman–Crippen MR) is 152 cm³/mol. The van der Waals surface area contributed by atoms with Gasteiger partial charge in [-0.15, -0.1) is 0 Å². The third-order valence-corrected chi connectivity index (χ3v) is 7.72. The number of H-pyrrole nitrogens is 2. The van der Waals surface area contributed by atoms with E-state index in [9.17, 15) is 4.79 Å². The number of carbonyl (C=O) groups excluding carboxylic acids is 1. The number of furan rings is 1. The highest BCUT2D eigenvalue weighted by molar-refractivity contribution is 6.01. The lowest BCUT2D eigenvalue weighted by atomic mass is 9.87. The molecule has 5 aromatic heterocycles. The Labute approximate surface area is 224 Å². The maximum atomic E-state index is 12.7. The Bertz CT molecular complexity index is 1780. The number of benzene rings is 1. The number of rotatable bonds is 6. The second kappa shape index (κ2) is 9.87. The fraction of sp³-hybridized carbons (Fsp3) is 0.226. The van der Waals surface area contributed by atoms with Gasteiger partial charge < -0.3 is 14.7 Å². The number of pyridine rings is 2. The molecule has 0 aliphatic heterocycles. The first-order valence-corrected chi connectivity index (χ1v) is 13.5. The zero-order chi connectivity index (χ0) is 26.2. The van der Waals surface area contributed by atoms with E-state index in [1.54, 1.807) is 31.1 Å². The highest BCUT2D eigenvalue weighted by atomic mass is 16.3. The van der Waals surface area contributed by atoms with Crippen LogP contribution in [0.3, 0.4) is 0 Å². The number of fused-ring (bicyclic) bond motifs is 2. The van der Waals surface area contributed by atoms with Crippen LogP contribution in [0.25, 0.3) is 55.6 Å². The Morgan fingerprint density at radius 1 is 0.974 bits per heavy atom. The zero-order valence-corrected chi connectivity index (χ0v) is 21.4. The molecule has 0 saturated heterocycles. The fourth-order valence-corrected chi connectivity index (χ4v) is 5.75. The van der Waals surface area contributed by atoms with Crippen molar-refractivity contribution in [1.82, 2.24) is 25.1 Å². The number of aromatic nitrogens is 5. The minimum absolute atomic E-state index is 0.0509. The molecule has 7 rings (SSSR count). The summed E-state index contributed by atoms with van der Waals surface area (Å²) >= 11 is 0. The van der Waals surface area contributed by atoms with Crippen molar-refractivity contribution >= 4 is 33.4 Å². The Morgan fingerprint density at radius 3 is 2.77 bits per heavy atom. The molecule has 8 nitrogen and oxygen atoms in total. The molecule has 8 heteroatoms. The average Bonchev–Trinajstić information content (AvgIpc) is 3.73. The largest absolute Gasteiger partial charge is 0.472 e. The molecule has 0 spiro atoms. The van der Waals surface area contributed by atoms with E-state index in [1.807, 2.05) is 24.3 Å². The number of nitrogens with zero attached hydrogens (tertiary/aromatic N) is 3. The van der Waals surface area contributed by atoms with Crippen LogP contribution in [-0.4, -0.2) is 31.1 Å². The van der Waals surface area contributed by atoms with Crippen LogP contribution in [0.5, 0.6) is 0 Å². The van der Waals surface area contributed by atoms with Crippen LogP contribution in [0.1, 0.15) is 38.5 Å². The number of carbonyl (C=O) groups is 1. The topological polar surface area (TPSA) is 112 Å². The van der Waals surface area contributed by atoms with Crippen LogP contribution in [0.15, 0.2) is 78.0 Å². The highest BCUT2D eigenvalue weighted by Gasteiger charge is 2.18. The number of hydrogen-bond donors (Lipinski definition) is 3. The highest BCUT2D eigenvalue weighted by Crippen LogP contribution is 2.35. The molecule has 0 bridgehead atoms. The van der Waals surface area contributed by atoms with Gasteiger partial charge in [-0.05, 0) is 54.7 Å². The molecule has 0 radical (unpaired) electrons. The molecule has 194 valence electrons. The molecule has 1 aliphatic carbocycles. The first-order chi connectivity index (χ1) is 19.2. The van der Waals surface area contributed by atoms with E-state index in [0.29, 0.717) is 18.0 Å². The normalized spacial score (nSPS) is 14.3. The van der Waals surface area contributed by atoms with Gasteiger partial charge in [-0.3, -0.25) is 19.9 Å². The summed E-state index contributed by atoms with van der Waals surface area (Å²) in [5.74, 6) is 0.536. The minimum Gasteiger partial charge on any atom is -0.472 e. The number of aromatic amines is 2. The van der Waals surface area contributed by atoms with E-state index < -0.39 is 0 Å². The first kappa shape index (κ1) is 23.4. The van der Waals surface area contributed by atoms with Crippen molar-refractivity contribution in [2.45, 2.75) is 38.5 Å². The second-order valence-corrected chi connectivity index (χ2v) is 10.4. The lowest BCUT2D eigenvalue weighted by Gasteiger charge is -2.20. The molecule has 1 saturated carbocycles. The van der Waals surface area contributed by atoms with Gasteiger partial charge in [0.05, 0.1) is 47.5 Å². The Morgan fingerprint density at radius 2 is 1.90 bits per heavy atom. The van der Waals surface area contributed by atoms with Gasteiger partial charge >= 0.3 is 0 Å². The number of hydrogen-bond acceptors (Lipinski definition) is 5. The number of anilines is 1. The van der Waals surface area contributed by atoms with Crippen molar-refractivity contribution in [2.24, 2.45) is 5.92 Å². The zero-order valence-electron chi connectivity index (χ0n) is 21.4. The van der Waals surface area contributed by atoms with Crippen LogP contribution in [0, 0.1) is 5.92 Å². The fourth-order valence-electron chi connectivity index (χ4n) is 5.75. The van der Waals surface area contributed by atoms with E-state index in [1.165, 1.54) is 19.3 Å². The van der Waals surface area contributed by atoms with Gasteiger partial charge in [0.2, 0.25) is 5.91 Å². The smallest absolute Gasteiger partial charge is 0.224 e. The van der Waals surface area contributed by atoms with Crippen molar-refractivity contribution in [3.63, 3.8) is 0 Å². The molecular weight excluding hydrogens is 488 g/mol. The van der Waals surface area contributed by atoms with Gasteiger partial charge in [0.1, 0.15) is 5.69 Å². The molecule has 1 aromatic carbocycles. The number of amides is 1.